The first-order valence-electron chi connectivity index (χ1n) is 7.70. The monoisotopic (exact) mass is 270 g/mol. The first kappa shape index (κ1) is 16.4. The number of nitrogens with one attached hydrogen (secondary N) is 2. The summed E-state index contributed by atoms with van der Waals surface area (Å²) in [4.78, 5) is 11.9. The molecule has 1 aliphatic rings. The molecule has 4 heteroatoms. The molecule has 1 fully saturated rings. The summed E-state index contributed by atoms with van der Waals surface area (Å²) in [6.07, 6.45) is 4.73. The molecule has 1 aliphatic heterocycles. The van der Waals surface area contributed by atoms with Crippen molar-refractivity contribution in [2.45, 2.75) is 46.0 Å². The van der Waals surface area contributed by atoms with Gasteiger partial charge >= 0.3 is 0 Å². The lowest BCUT2D eigenvalue weighted by atomic mass is 9.93. The minimum absolute atomic E-state index is 0.179. The summed E-state index contributed by atoms with van der Waals surface area (Å²) in [7, 11) is 0. The number of carbonyl (C=O) groups is 1. The normalized spacial score (nSPS) is 18.5. The predicted octanol–water partition coefficient (Wildman–Crippen LogP) is 1.54. The van der Waals surface area contributed by atoms with Crippen LogP contribution in [-0.4, -0.2) is 37.3 Å². The zero-order valence-corrected chi connectivity index (χ0v) is 12.5. The van der Waals surface area contributed by atoms with Crippen molar-refractivity contribution >= 4 is 5.91 Å². The van der Waals surface area contributed by atoms with Crippen LogP contribution in [0, 0.1) is 17.8 Å². The van der Waals surface area contributed by atoms with E-state index >= 15 is 0 Å². The van der Waals surface area contributed by atoms with E-state index in [0.29, 0.717) is 30.7 Å². The van der Waals surface area contributed by atoms with Gasteiger partial charge in [0.15, 0.2) is 0 Å². The smallest absolute Gasteiger partial charge is 0.220 e. The van der Waals surface area contributed by atoms with Crippen molar-refractivity contribution in [1.29, 1.82) is 0 Å². The molecule has 0 radical (unpaired) electrons. The number of hydrogen-bond donors (Lipinski definition) is 3. The van der Waals surface area contributed by atoms with Gasteiger partial charge < -0.3 is 15.7 Å². The predicted molar refractivity (Wildman–Crippen MR) is 77.9 cm³/mol. The van der Waals surface area contributed by atoms with Gasteiger partial charge in [0.1, 0.15) is 0 Å². The lowest BCUT2D eigenvalue weighted by molar-refractivity contribution is -0.122. The first-order chi connectivity index (χ1) is 9.11. The number of aliphatic hydroxyl groups excluding tert-OH is 1. The molecular formula is C15H30N2O2. The van der Waals surface area contributed by atoms with Crippen LogP contribution in [0.3, 0.4) is 0 Å². The fourth-order valence-electron chi connectivity index (χ4n) is 2.83. The van der Waals surface area contributed by atoms with Gasteiger partial charge in [-0.3, -0.25) is 4.79 Å². The molecule has 0 aromatic carbocycles. The Hall–Kier alpha value is -0.610. The molecule has 1 heterocycles. The number of aliphatic hydroxyl groups is 1. The molecular weight excluding hydrogens is 240 g/mol. The average Bonchev–Trinajstić information content (AvgIpc) is 2.37. The molecule has 3 N–H and O–H groups in total. The highest BCUT2D eigenvalue weighted by Gasteiger charge is 2.17. The average molecular weight is 270 g/mol. The van der Waals surface area contributed by atoms with Crippen molar-refractivity contribution in [2.75, 3.05) is 26.2 Å². The highest BCUT2D eigenvalue weighted by Crippen LogP contribution is 2.17. The van der Waals surface area contributed by atoms with E-state index in [1.54, 1.807) is 0 Å². The van der Waals surface area contributed by atoms with E-state index in [0.717, 1.165) is 38.8 Å². The van der Waals surface area contributed by atoms with Gasteiger partial charge in [-0.25, -0.2) is 0 Å². The van der Waals surface area contributed by atoms with Gasteiger partial charge in [0.05, 0.1) is 0 Å². The molecule has 0 aliphatic carbocycles. The largest absolute Gasteiger partial charge is 0.396 e. The van der Waals surface area contributed by atoms with Crippen molar-refractivity contribution in [3.8, 4) is 0 Å². The van der Waals surface area contributed by atoms with Gasteiger partial charge in [-0.15, -0.1) is 0 Å². The van der Waals surface area contributed by atoms with E-state index < -0.39 is 0 Å². The van der Waals surface area contributed by atoms with Crippen molar-refractivity contribution in [2.24, 2.45) is 17.8 Å². The lowest BCUT2D eigenvalue weighted by Crippen LogP contribution is -2.34. The standard InChI is InChI=1S/C15H30N2O2/c1-12(2)9-14(5-8-18)11-17-15(19)10-13-3-6-16-7-4-13/h12-14,16,18H,3-11H2,1-2H3,(H,17,19). The second-order valence-electron chi connectivity index (χ2n) is 6.21. The molecule has 0 spiro atoms. The molecule has 1 rings (SSSR count). The van der Waals surface area contributed by atoms with Gasteiger partial charge in [-0.1, -0.05) is 13.8 Å². The van der Waals surface area contributed by atoms with E-state index in [4.69, 9.17) is 5.11 Å². The Balaban J connectivity index is 2.22. The van der Waals surface area contributed by atoms with Crippen LogP contribution in [0.2, 0.25) is 0 Å². The number of amides is 1. The van der Waals surface area contributed by atoms with Gasteiger partial charge in [-0.05, 0) is 56.5 Å². The van der Waals surface area contributed by atoms with Crippen LogP contribution < -0.4 is 10.6 Å². The van der Waals surface area contributed by atoms with E-state index in [-0.39, 0.29) is 12.5 Å². The highest BCUT2D eigenvalue weighted by molar-refractivity contribution is 5.76. The van der Waals surface area contributed by atoms with Crippen molar-refractivity contribution in [3.63, 3.8) is 0 Å². The van der Waals surface area contributed by atoms with Crippen LogP contribution >= 0.6 is 0 Å². The molecule has 19 heavy (non-hydrogen) atoms. The number of carbonyl (C=O) groups excluding carboxylic acids is 1. The Labute approximate surface area is 117 Å². The van der Waals surface area contributed by atoms with Crippen molar-refractivity contribution in [1.82, 2.24) is 10.6 Å². The van der Waals surface area contributed by atoms with Gasteiger partial charge in [0, 0.05) is 19.6 Å². The third-order valence-corrected chi connectivity index (χ3v) is 3.86. The highest BCUT2D eigenvalue weighted by atomic mass is 16.3. The summed E-state index contributed by atoms with van der Waals surface area (Å²) in [5, 5.41) is 15.4. The maximum Gasteiger partial charge on any atom is 0.220 e. The molecule has 0 aromatic rings. The zero-order valence-electron chi connectivity index (χ0n) is 12.5. The summed E-state index contributed by atoms with van der Waals surface area (Å²) in [5.41, 5.74) is 0. The molecule has 1 atom stereocenters. The Bertz CT molecular complexity index is 251. The summed E-state index contributed by atoms with van der Waals surface area (Å²) >= 11 is 0. The summed E-state index contributed by atoms with van der Waals surface area (Å²) < 4.78 is 0. The summed E-state index contributed by atoms with van der Waals surface area (Å²) in [5.74, 6) is 1.74. The number of rotatable bonds is 8. The maximum absolute atomic E-state index is 11.9. The van der Waals surface area contributed by atoms with Gasteiger partial charge in [0.2, 0.25) is 5.91 Å². The summed E-state index contributed by atoms with van der Waals surface area (Å²) in [6, 6.07) is 0. The van der Waals surface area contributed by atoms with Crippen molar-refractivity contribution < 1.29 is 9.90 Å². The second kappa shape index (κ2) is 9.32. The van der Waals surface area contributed by atoms with E-state index in [2.05, 4.69) is 24.5 Å². The van der Waals surface area contributed by atoms with Crippen LogP contribution in [0.5, 0.6) is 0 Å². The first-order valence-corrected chi connectivity index (χ1v) is 7.70. The Morgan fingerprint density at radius 3 is 2.63 bits per heavy atom. The lowest BCUT2D eigenvalue weighted by Gasteiger charge is -2.23. The van der Waals surface area contributed by atoms with E-state index in [1.807, 2.05) is 0 Å². The fourth-order valence-corrected chi connectivity index (χ4v) is 2.83. The molecule has 0 saturated carbocycles. The van der Waals surface area contributed by atoms with Crippen LogP contribution in [0.4, 0.5) is 0 Å². The van der Waals surface area contributed by atoms with Crippen LogP contribution in [-0.2, 0) is 4.79 Å². The fraction of sp³-hybridized carbons (Fsp3) is 0.933. The third kappa shape index (κ3) is 7.53. The molecule has 1 saturated heterocycles. The Morgan fingerprint density at radius 1 is 1.37 bits per heavy atom. The van der Waals surface area contributed by atoms with E-state index in [9.17, 15) is 4.79 Å². The molecule has 0 bridgehead atoms. The molecule has 1 amide bonds. The SMILES string of the molecule is CC(C)CC(CCO)CNC(=O)CC1CCNCC1. The van der Waals surface area contributed by atoms with Gasteiger partial charge in [-0.2, -0.15) is 0 Å². The van der Waals surface area contributed by atoms with Crippen molar-refractivity contribution in [3.05, 3.63) is 0 Å². The maximum atomic E-state index is 11.9. The second-order valence-corrected chi connectivity index (χ2v) is 6.21. The zero-order chi connectivity index (χ0) is 14.1. The Kier molecular flexibility index (Phi) is 8.07. The quantitative estimate of drug-likeness (QED) is 0.627. The minimum Gasteiger partial charge on any atom is -0.396 e. The topological polar surface area (TPSA) is 61.4 Å². The summed E-state index contributed by atoms with van der Waals surface area (Å²) in [6.45, 7) is 7.36. The van der Waals surface area contributed by atoms with Crippen LogP contribution in [0.15, 0.2) is 0 Å². The van der Waals surface area contributed by atoms with Crippen LogP contribution in [0.25, 0.3) is 0 Å². The molecule has 1 unspecified atom stereocenters. The van der Waals surface area contributed by atoms with Gasteiger partial charge in [0.25, 0.3) is 0 Å². The van der Waals surface area contributed by atoms with Crippen LogP contribution in [0.1, 0.15) is 46.0 Å². The van der Waals surface area contributed by atoms with E-state index in [1.165, 1.54) is 0 Å². The molecule has 112 valence electrons. The molecule has 0 aromatic heterocycles. The third-order valence-electron chi connectivity index (χ3n) is 3.86. The number of hydrogen-bond acceptors (Lipinski definition) is 3. The Morgan fingerprint density at radius 2 is 2.05 bits per heavy atom. The number of piperidine rings is 1. The minimum atomic E-state index is 0.179. The molecule has 4 nitrogen and oxygen atoms in total.